The van der Waals surface area contributed by atoms with Crippen molar-refractivity contribution < 1.29 is 4.79 Å². The van der Waals surface area contributed by atoms with Crippen molar-refractivity contribution in [3.63, 3.8) is 0 Å². The van der Waals surface area contributed by atoms with E-state index in [-0.39, 0.29) is 0 Å². The second-order valence-electron chi connectivity index (χ2n) is 8.50. The molecule has 0 spiro atoms. The van der Waals surface area contributed by atoms with Gasteiger partial charge in [-0.15, -0.1) is 0 Å². The molecule has 1 nitrogen and oxygen atoms in total. The number of hydrogen-bond acceptors (Lipinski definition) is 1. The van der Waals surface area contributed by atoms with Gasteiger partial charge in [0, 0.05) is 12.8 Å². The van der Waals surface area contributed by atoms with Crippen LogP contribution >= 0.6 is 0 Å². The summed E-state index contributed by atoms with van der Waals surface area (Å²) < 4.78 is 0. The van der Waals surface area contributed by atoms with Crippen LogP contribution in [0.25, 0.3) is 0 Å². The molecule has 110 valence electrons. The SMILES string of the molecule is C[C@@]12CCC[C@@H]1C1=C(CC2)[C@]2(C)CCC(=O)C[C@H]2CC1. The van der Waals surface area contributed by atoms with Gasteiger partial charge < -0.3 is 0 Å². The lowest BCUT2D eigenvalue weighted by Crippen LogP contribution is -2.43. The fourth-order valence-corrected chi connectivity index (χ4v) is 6.24. The molecule has 0 unspecified atom stereocenters. The fraction of sp³-hybridized carbons (Fsp3) is 0.842. The molecule has 0 heterocycles. The maximum absolute atomic E-state index is 11.8. The molecule has 4 aliphatic rings. The average molecular weight is 272 g/mol. The average Bonchev–Trinajstić information content (AvgIpc) is 2.81. The molecule has 0 saturated heterocycles. The Morgan fingerprint density at radius 1 is 1.00 bits per heavy atom. The first kappa shape index (κ1) is 13.1. The Morgan fingerprint density at radius 3 is 2.70 bits per heavy atom. The van der Waals surface area contributed by atoms with Gasteiger partial charge >= 0.3 is 0 Å². The smallest absolute Gasteiger partial charge is 0.133 e. The fourth-order valence-electron chi connectivity index (χ4n) is 6.24. The third kappa shape index (κ3) is 1.64. The minimum atomic E-state index is 0.380. The quantitative estimate of drug-likeness (QED) is 0.564. The van der Waals surface area contributed by atoms with E-state index in [2.05, 4.69) is 13.8 Å². The van der Waals surface area contributed by atoms with Crippen LogP contribution in [0.1, 0.15) is 78.1 Å². The second kappa shape index (κ2) is 4.21. The summed E-state index contributed by atoms with van der Waals surface area (Å²) in [6, 6.07) is 0. The van der Waals surface area contributed by atoms with Gasteiger partial charge in [0.25, 0.3) is 0 Å². The number of carbonyl (C=O) groups is 1. The van der Waals surface area contributed by atoms with Crippen LogP contribution in [0.5, 0.6) is 0 Å². The third-order valence-corrected chi connectivity index (χ3v) is 7.59. The highest BCUT2D eigenvalue weighted by atomic mass is 16.1. The van der Waals surface area contributed by atoms with Gasteiger partial charge in [-0.05, 0) is 67.6 Å². The van der Waals surface area contributed by atoms with Crippen molar-refractivity contribution in [3.05, 3.63) is 11.1 Å². The molecule has 4 rings (SSSR count). The van der Waals surface area contributed by atoms with E-state index in [9.17, 15) is 4.79 Å². The zero-order valence-electron chi connectivity index (χ0n) is 13.1. The number of Topliss-reactive ketones (excluding diaryl/α,β-unsaturated/α-hetero) is 1. The van der Waals surface area contributed by atoms with Gasteiger partial charge in [-0.2, -0.15) is 0 Å². The third-order valence-electron chi connectivity index (χ3n) is 7.59. The maximum Gasteiger partial charge on any atom is 0.133 e. The Hall–Kier alpha value is -0.590. The highest BCUT2D eigenvalue weighted by Gasteiger charge is 2.51. The van der Waals surface area contributed by atoms with Crippen LogP contribution in [0.3, 0.4) is 0 Å². The molecule has 20 heavy (non-hydrogen) atoms. The number of fused-ring (bicyclic) bond motifs is 4. The Bertz CT molecular complexity index is 488. The van der Waals surface area contributed by atoms with E-state index in [1.807, 2.05) is 11.1 Å². The molecule has 0 aromatic carbocycles. The van der Waals surface area contributed by atoms with Crippen molar-refractivity contribution in [2.24, 2.45) is 22.7 Å². The molecule has 0 aromatic rings. The summed E-state index contributed by atoms with van der Waals surface area (Å²) in [5.41, 5.74) is 4.69. The minimum absolute atomic E-state index is 0.380. The molecule has 0 aromatic heterocycles. The van der Waals surface area contributed by atoms with Gasteiger partial charge in [0.1, 0.15) is 5.78 Å². The van der Waals surface area contributed by atoms with Crippen LogP contribution in [0.4, 0.5) is 0 Å². The number of ketones is 1. The molecule has 4 aliphatic carbocycles. The molecule has 0 N–H and O–H groups in total. The number of rotatable bonds is 0. The van der Waals surface area contributed by atoms with E-state index in [4.69, 9.17) is 0 Å². The number of allylic oxidation sites excluding steroid dienone is 2. The Morgan fingerprint density at radius 2 is 1.85 bits per heavy atom. The van der Waals surface area contributed by atoms with Gasteiger partial charge in [0.05, 0.1) is 0 Å². The molecule has 0 amide bonds. The van der Waals surface area contributed by atoms with Crippen LogP contribution in [0.2, 0.25) is 0 Å². The Balaban J connectivity index is 1.75. The molecule has 0 aliphatic heterocycles. The van der Waals surface area contributed by atoms with Crippen LogP contribution in [0.15, 0.2) is 11.1 Å². The molecular weight excluding hydrogens is 244 g/mol. The standard InChI is InChI=1S/C19H28O/c1-18-9-3-4-16(18)15-6-5-13-12-14(20)7-11-19(13,2)17(15)8-10-18/h13,16H,3-12H2,1-2H3/t13-,16-,18+,19-/m1/s1. The van der Waals surface area contributed by atoms with Crippen molar-refractivity contribution in [1.29, 1.82) is 0 Å². The molecular formula is C19H28O. The predicted molar refractivity (Wildman–Crippen MR) is 81.4 cm³/mol. The Labute approximate surface area is 123 Å². The Kier molecular flexibility index (Phi) is 2.76. The van der Waals surface area contributed by atoms with E-state index in [0.29, 0.717) is 22.5 Å². The monoisotopic (exact) mass is 272 g/mol. The maximum atomic E-state index is 11.8. The molecule has 0 radical (unpaired) electrons. The van der Waals surface area contributed by atoms with Gasteiger partial charge in [-0.1, -0.05) is 31.4 Å². The molecule has 2 saturated carbocycles. The first-order valence-electron chi connectivity index (χ1n) is 8.77. The van der Waals surface area contributed by atoms with E-state index < -0.39 is 0 Å². The lowest BCUT2D eigenvalue weighted by molar-refractivity contribution is -0.124. The second-order valence-corrected chi connectivity index (χ2v) is 8.50. The molecule has 4 atom stereocenters. The van der Waals surface area contributed by atoms with Gasteiger partial charge in [0.2, 0.25) is 0 Å². The van der Waals surface area contributed by atoms with Crippen molar-refractivity contribution >= 4 is 5.78 Å². The lowest BCUT2D eigenvalue weighted by atomic mass is 9.52. The predicted octanol–water partition coefficient (Wildman–Crippen LogP) is 5.05. The zero-order valence-corrected chi connectivity index (χ0v) is 13.1. The van der Waals surface area contributed by atoms with Crippen molar-refractivity contribution in [1.82, 2.24) is 0 Å². The van der Waals surface area contributed by atoms with Crippen LogP contribution in [-0.2, 0) is 4.79 Å². The first-order valence-corrected chi connectivity index (χ1v) is 8.77. The summed E-state index contributed by atoms with van der Waals surface area (Å²) in [7, 11) is 0. The summed E-state index contributed by atoms with van der Waals surface area (Å²) in [5.74, 6) is 2.08. The number of carbonyl (C=O) groups excluding carboxylic acids is 1. The molecule has 2 fully saturated rings. The van der Waals surface area contributed by atoms with Crippen LogP contribution < -0.4 is 0 Å². The highest BCUT2D eigenvalue weighted by Crippen LogP contribution is 2.63. The molecule has 0 bridgehead atoms. The van der Waals surface area contributed by atoms with E-state index in [0.717, 1.165) is 25.2 Å². The van der Waals surface area contributed by atoms with E-state index in [1.165, 1.54) is 44.9 Å². The number of hydrogen-bond donors (Lipinski definition) is 0. The zero-order chi connectivity index (χ0) is 14.0. The summed E-state index contributed by atoms with van der Waals surface area (Å²) in [6.45, 7) is 5.05. The minimum Gasteiger partial charge on any atom is -0.300 e. The van der Waals surface area contributed by atoms with Crippen LogP contribution in [-0.4, -0.2) is 5.78 Å². The summed E-state index contributed by atoms with van der Waals surface area (Å²) in [6.07, 6.45) is 12.5. The van der Waals surface area contributed by atoms with Crippen molar-refractivity contribution in [2.45, 2.75) is 78.1 Å². The van der Waals surface area contributed by atoms with Crippen molar-refractivity contribution in [3.8, 4) is 0 Å². The first-order chi connectivity index (χ1) is 9.53. The highest BCUT2D eigenvalue weighted by molar-refractivity contribution is 5.80. The largest absolute Gasteiger partial charge is 0.300 e. The lowest BCUT2D eigenvalue weighted by Gasteiger charge is -2.53. The van der Waals surface area contributed by atoms with Gasteiger partial charge in [0.15, 0.2) is 0 Å². The van der Waals surface area contributed by atoms with Crippen molar-refractivity contribution in [2.75, 3.05) is 0 Å². The summed E-state index contributed by atoms with van der Waals surface area (Å²) >= 11 is 0. The van der Waals surface area contributed by atoms with Gasteiger partial charge in [-0.25, -0.2) is 0 Å². The summed E-state index contributed by atoms with van der Waals surface area (Å²) in [4.78, 5) is 11.8. The van der Waals surface area contributed by atoms with E-state index >= 15 is 0 Å². The van der Waals surface area contributed by atoms with Gasteiger partial charge in [-0.3, -0.25) is 4.79 Å². The van der Waals surface area contributed by atoms with E-state index in [1.54, 1.807) is 0 Å². The summed E-state index contributed by atoms with van der Waals surface area (Å²) in [5, 5.41) is 0. The topological polar surface area (TPSA) is 17.1 Å². The van der Waals surface area contributed by atoms with Crippen LogP contribution in [0, 0.1) is 22.7 Å². The normalized spacial score (nSPS) is 47.8. The molecule has 1 heteroatoms.